The molecule has 0 unspecified atom stereocenters. The second-order valence-corrected chi connectivity index (χ2v) is 19.2. The van der Waals surface area contributed by atoms with Crippen LogP contribution in [-0.4, -0.2) is 63.4 Å². The van der Waals surface area contributed by atoms with Crippen LogP contribution in [0.3, 0.4) is 0 Å². The van der Waals surface area contributed by atoms with E-state index in [0.717, 1.165) is 27.1 Å². The zero-order valence-electron chi connectivity index (χ0n) is 32.1. The Morgan fingerprint density at radius 3 is 1.42 bits per heavy atom. The van der Waals surface area contributed by atoms with Gasteiger partial charge in [-0.2, -0.15) is 0 Å². The Kier molecular flexibility index (Phi) is 14.4. The first-order chi connectivity index (χ1) is 26.8. The Labute approximate surface area is 327 Å². The molecule has 7 nitrogen and oxygen atoms in total. The Bertz CT molecular complexity index is 1800. The second-order valence-electron chi connectivity index (χ2n) is 14.9. The van der Waals surface area contributed by atoms with E-state index in [2.05, 4.69) is 75.9 Å². The molecule has 5 aromatic rings. The number of benzene rings is 5. The molecule has 8 heteroatoms. The van der Waals surface area contributed by atoms with Gasteiger partial charge in [0.25, 0.3) is 8.32 Å². The normalized spacial score (nSPS) is 20.8. The fourth-order valence-corrected chi connectivity index (χ4v) is 11.9. The lowest BCUT2D eigenvalue weighted by Crippen LogP contribution is -2.68. The number of hydrogen-bond acceptors (Lipinski definition) is 7. The monoisotopic (exact) mass is 758 g/mol. The molecule has 1 fully saturated rings. The Morgan fingerprint density at radius 1 is 0.600 bits per heavy atom. The van der Waals surface area contributed by atoms with E-state index in [1.54, 1.807) is 6.08 Å². The predicted molar refractivity (Wildman–Crippen MR) is 219 cm³/mol. The van der Waals surface area contributed by atoms with Crippen LogP contribution in [0.4, 0.5) is 0 Å². The molecule has 0 bridgehead atoms. The van der Waals surface area contributed by atoms with E-state index in [-0.39, 0.29) is 31.5 Å². The van der Waals surface area contributed by atoms with Gasteiger partial charge in [0, 0.05) is 0 Å². The van der Waals surface area contributed by atoms with E-state index < -0.39 is 45.1 Å². The molecule has 55 heavy (non-hydrogen) atoms. The molecule has 1 saturated heterocycles. The Morgan fingerprint density at radius 2 is 1.00 bits per heavy atom. The van der Waals surface area contributed by atoms with E-state index >= 15 is 0 Å². The van der Waals surface area contributed by atoms with Gasteiger partial charge in [0.1, 0.15) is 30.5 Å². The van der Waals surface area contributed by atoms with Gasteiger partial charge in [0.15, 0.2) is 6.29 Å². The summed E-state index contributed by atoms with van der Waals surface area (Å²) in [7, 11) is -3.00. The molecule has 1 heterocycles. The molecular weight excluding hydrogens is 705 g/mol. The third-order valence-corrected chi connectivity index (χ3v) is 15.0. The molecule has 288 valence electrons. The highest BCUT2D eigenvalue weighted by Gasteiger charge is 2.54. The molecule has 6 rings (SSSR count). The maximum Gasteiger partial charge on any atom is 0.261 e. The van der Waals surface area contributed by atoms with Crippen molar-refractivity contribution in [3.8, 4) is 0 Å². The minimum atomic E-state index is -3.00. The third-order valence-electron chi connectivity index (χ3n) is 10.0. The zero-order chi connectivity index (χ0) is 38.5. The smallest absolute Gasteiger partial charge is 0.261 e. The maximum atomic E-state index is 12.4. The molecule has 0 amide bonds. The quantitative estimate of drug-likeness (QED) is 0.0729. The number of aliphatic hydroxyl groups excluding tert-OH is 1. The van der Waals surface area contributed by atoms with Crippen LogP contribution >= 0.6 is 0 Å². The first kappa shape index (κ1) is 40.4. The van der Waals surface area contributed by atoms with E-state index in [1.165, 1.54) is 0 Å². The van der Waals surface area contributed by atoms with Crippen molar-refractivity contribution in [2.45, 2.75) is 82.4 Å². The van der Waals surface area contributed by atoms with E-state index in [1.807, 2.05) is 103 Å². The maximum absolute atomic E-state index is 12.4. The van der Waals surface area contributed by atoms with Crippen LogP contribution < -0.4 is 10.4 Å². The molecular formula is C47H54O7Si. The summed E-state index contributed by atoms with van der Waals surface area (Å²) in [6.45, 7) is 11.6. The van der Waals surface area contributed by atoms with Crippen molar-refractivity contribution < 1.29 is 33.2 Å². The second kappa shape index (κ2) is 19.6. The lowest BCUT2D eigenvalue weighted by atomic mass is 9.94. The molecule has 0 saturated carbocycles. The molecule has 0 aromatic heterocycles. The molecule has 0 radical (unpaired) electrons. The fraction of sp³-hybridized carbons (Fsp3) is 0.319. The lowest BCUT2D eigenvalue weighted by molar-refractivity contribution is -0.333. The van der Waals surface area contributed by atoms with Crippen molar-refractivity contribution in [1.29, 1.82) is 0 Å². The highest BCUT2D eigenvalue weighted by atomic mass is 28.4. The van der Waals surface area contributed by atoms with Crippen LogP contribution in [0, 0.1) is 0 Å². The average molecular weight is 759 g/mol. The SMILES string of the molecule is C=CCO[C@@H]1O[C@H]([C@@H](O)CO[Si](c2ccccc2)(c2ccccc2)C(C)(C)C)[C@@H](OCc2ccccc2)[C@H](OCc2ccccc2)[C@@H]1OCc1ccccc1. The van der Waals surface area contributed by atoms with Crippen LogP contribution in [0.15, 0.2) is 164 Å². The van der Waals surface area contributed by atoms with Crippen LogP contribution in [0.1, 0.15) is 37.5 Å². The third kappa shape index (κ3) is 10.2. The Hall–Kier alpha value is -4.22. The topological polar surface area (TPSA) is 75.6 Å². The van der Waals surface area contributed by atoms with Gasteiger partial charge >= 0.3 is 0 Å². The lowest BCUT2D eigenvalue weighted by Gasteiger charge is -2.48. The summed E-state index contributed by atoms with van der Waals surface area (Å²) in [6.07, 6.45) is -3.47. The van der Waals surface area contributed by atoms with Crippen molar-refractivity contribution in [1.82, 2.24) is 0 Å². The average Bonchev–Trinajstić information content (AvgIpc) is 3.22. The zero-order valence-corrected chi connectivity index (χ0v) is 33.1. The first-order valence-electron chi connectivity index (χ1n) is 19.1. The Balaban J connectivity index is 1.37. The van der Waals surface area contributed by atoms with Crippen LogP contribution in [0.2, 0.25) is 5.04 Å². The molecule has 0 aliphatic carbocycles. The highest BCUT2D eigenvalue weighted by molar-refractivity contribution is 6.99. The summed E-state index contributed by atoms with van der Waals surface area (Å²) >= 11 is 0. The molecule has 5 aromatic carbocycles. The first-order valence-corrected chi connectivity index (χ1v) is 21.0. The highest BCUT2D eigenvalue weighted by Crippen LogP contribution is 2.38. The van der Waals surface area contributed by atoms with E-state index in [4.69, 9.17) is 28.1 Å². The molecule has 1 aliphatic rings. The number of hydrogen-bond donors (Lipinski definition) is 1. The van der Waals surface area contributed by atoms with Gasteiger partial charge in [0.05, 0.1) is 33.0 Å². The predicted octanol–water partition coefficient (Wildman–Crippen LogP) is 7.61. The van der Waals surface area contributed by atoms with Crippen LogP contribution in [-0.2, 0) is 47.9 Å². The summed E-state index contributed by atoms with van der Waals surface area (Å²) < 4.78 is 40.6. The molecule has 1 aliphatic heterocycles. The fourth-order valence-electron chi connectivity index (χ4n) is 7.36. The van der Waals surface area contributed by atoms with Crippen LogP contribution in [0.25, 0.3) is 0 Å². The largest absolute Gasteiger partial charge is 0.405 e. The molecule has 0 spiro atoms. The van der Waals surface area contributed by atoms with Crippen molar-refractivity contribution in [2.75, 3.05) is 13.2 Å². The summed E-state index contributed by atoms with van der Waals surface area (Å²) in [5, 5.41) is 14.4. The van der Waals surface area contributed by atoms with Crippen molar-refractivity contribution >= 4 is 18.7 Å². The van der Waals surface area contributed by atoms with Crippen molar-refractivity contribution in [2.24, 2.45) is 0 Å². The summed E-state index contributed by atoms with van der Waals surface area (Å²) in [5.41, 5.74) is 2.97. The van der Waals surface area contributed by atoms with Crippen LogP contribution in [0.5, 0.6) is 0 Å². The van der Waals surface area contributed by atoms with Gasteiger partial charge in [-0.1, -0.05) is 179 Å². The minimum absolute atomic E-state index is 0.0156. The van der Waals surface area contributed by atoms with Gasteiger partial charge < -0.3 is 33.2 Å². The summed E-state index contributed by atoms with van der Waals surface area (Å²) in [4.78, 5) is 0. The van der Waals surface area contributed by atoms with Gasteiger partial charge in [-0.3, -0.25) is 0 Å². The van der Waals surface area contributed by atoms with Crippen molar-refractivity contribution in [3.05, 3.63) is 181 Å². The summed E-state index contributed by atoms with van der Waals surface area (Å²) in [6, 6.07) is 50.7. The number of aliphatic hydroxyl groups is 1. The van der Waals surface area contributed by atoms with Gasteiger partial charge in [-0.25, -0.2) is 0 Å². The standard InChI is InChI=1S/C47H54O7Si/c1-5-31-49-46-45(52-34-38-25-15-8-16-26-38)44(51-33-37-23-13-7-14-24-37)43(50-32-36-21-11-6-12-22-36)42(54-46)41(48)35-53-55(47(2,3)4,39-27-17-9-18-28-39)40-29-19-10-20-30-40/h5-30,41-46,48H,1,31-35H2,2-4H3/t41-,42+,43+,44-,45-,46+/m0/s1. The summed E-state index contributed by atoms with van der Waals surface area (Å²) in [5.74, 6) is 0. The number of rotatable bonds is 18. The van der Waals surface area contributed by atoms with E-state index in [9.17, 15) is 5.11 Å². The van der Waals surface area contributed by atoms with Crippen molar-refractivity contribution in [3.63, 3.8) is 0 Å². The van der Waals surface area contributed by atoms with Gasteiger partial charge in [0.2, 0.25) is 0 Å². The number of ether oxygens (including phenoxy) is 5. The molecule has 6 atom stereocenters. The van der Waals surface area contributed by atoms with E-state index in [0.29, 0.717) is 6.61 Å². The minimum Gasteiger partial charge on any atom is -0.405 e. The van der Waals surface area contributed by atoms with Gasteiger partial charge in [-0.05, 0) is 32.1 Å². The molecule has 1 N–H and O–H groups in total. The van der Waals surface area contributed by atoms with Gasteiger partial charge in [-0.15, -0.1) is 6.58 Å².